The Hall–Kier alpha value is -0.970. The van der Waals surface area contributed by atoms with Crippen LogP contribution in [0, 0.1) is 0 Å². The summed E-state index contributed by atoms with van der Waals surface area (Å²) in [5.74, 6) is -0.0493. The zero-order chi connectivity index (χ0) is 9.84. The highest BCUT2D eigenvalue weighted by Gasteiger charge is 2.07. The molecule has 0 aliphatic rings. The molecule has 0 fully saturated rings. The third-order valence-electron chi connectivity index (χ3n) is 1.79. The molecule has 5 heteroatoms. The van der Waals surface area contributed by atoms with Crippen molar-refractivity contribution in [3.63, 3.8) is 0 Å². The number of aliphatic hydroxyl groups excluding tert-OH is 1. The molecule has 4 nitrogen and oxygen atoms in total. The standard InChI is InChI=1S/C9H13NO3.ClH/c10-9(1-2-11)6-3-7(12)5-8(13)4-6;/h3-5,9,11-13H,1-2,10H2;1H/t9-;/m0./s1. The number of aliphatic hydroxyl groups is 1. The van der Waals surface area contributed by atoms with Gasteiger partial charge in [0.25, 0.3) is 0 Å². The van der Waals surface area contributed by atoms with Crippen LogP contribution in [0.15, 0.2) is 18.2 Å². The highest BCUT2D eigenvalue weighted by atomic mass is 35.5. The van der Waals surface area contributed by atoms with Gasteiger partial charge in [-0.25, -0.2) is 0 Å². The molecule has 80 valence electrons. The summed E-state index contributed by atoms with van der Waals surface area (Å²) in [5.41, 5.74) is 6.28. The number of nitrogens with two attached hydrogens (primary N) is 1. The second kappa shape index (κ2) is 5.70. The molecular weight excluding hydrogens is 206 g/mol. The van der Waals surface area contributed by atoms with Gasteiger partial charge in [-0.15, -0.1) is 12.4 Å². The highest BCUT2D eigenvalue weighted by molar-refractivity contribution is 5.85. The lowest BCUT2D eigenvalue weighted by molar-refractivity contribution is 0.276. The largest absolute Gasteiger partial charge is 0.508 e. The van der Waals surface area contributed by atoms with Gasteiger partial charge in [-0.2, -0.15) is 0 Å². The lowest BCUT2D eigenvalue weighted by Gasteiger charge is -2.10. The molecule has 1 rings (SSSR count). The molecule has 0 unspecified atom stereocenters. The number of phenolic OH excluding ortho intramolecular Hbond substituents is 2. The van der Waals surface area contributed by atoms with Gasteiger partial charge in [0.15, 0.2) is 0 Å². The van der Waals surface area contributed by atoms with Gasteiger partial charge >= 0.3 is 0 Å². The van der Waals surface area contributed by atoms with Crippen LogP contribution in [0.25, 0.3) is 0 Å². The van der Waals surface area contributed by atoms with Gasteiger partial charge in [0, 0.05) is 18.7 Å². The first-order valence-corrected chi connectivity index (χ1v) is 4.03. The summed E-state index contributed by atoms with van der Waals surface area (Å²) >= 11 is 0. The van der Waals surface area contributed by atoms with E-state index in [1.807, 2.05) is 0 Å². The Labute approximate surface area is 88.4 Å². The molecular formula is C9H14ClNO3. The predicted molar refractivity (Wildman–Crippen MR) is 55.7 cm³/mol. The van der Waals surface area contributed by atoms with E-state index in [9.17, 15) is 0 Å². The van der Waals surface area contributed by atoms with Crippen molar-refractivity contribution < 1.29 is 15.3 Å². The number of aromatic hydroxyl groups is 2. The van der Waals surface area contributed by atoms with E-state index in [1.165, 1.54) is 18.2 Å². The Morgan fingerprint density at radius 3 is 2.07 bits per heavy atom. The van der Waals surface area contributed by atoms with Gasteiger partial charge in [0.05, 0.1) is 0 Å². The molecule has 0 aromatic heterocycles. The summed E-state index contributed by atoms with van der Waals surface area (Å²) in [6.45, 7) is -0.0163. The summed E-state index contributed by atoms with van der Waals surface area (Å²) in [4.78, 5) is 0. The van der Waals surface area contributed by atoms with E-state index in [0.29, 0.717) is 12.0 Å². The first-order chi connectivity index (χ1) is 6.13. The van der Waals surface area contributed by atoms with Crippen LogP contribution in [0.4, 0.5) is 0 Å². The molecule has 0 spiro atoms. The molecule has 14 heavy (non-hydrogen) atoms. The van der Waals surface area contributed by atoms with Crippen LogP contribution in [-0.2, 0) is 0 Å². The molecule has 5 N–H and O–H groups in total. The zero-order valence-electron chi connectivity index (χ0n) is 7.55. The van der Waals surface area contributed by atoms with Crippen LogP contribution in [0.2, 0.25) is 0 Å². The van der Waals surface area contributed by atoms with Gasteiger partial charge in [0.1, 0.15) is 11.5 Å². The van der Waals surface area contributed by atoms with Crippen molar-refractivity contribution in [2.45, 2.75) is 12.5 Å². The summed E-state index contributed by atoms with van der Waals surface area (Å²) < 4.78 is 0. The van der Waals surface area contributed by atoms with Crippen molar-refractivity contribution >= 4 is 12.4 Å². The molecule has 1 atom stereocenters. The van der Waals surface area contributed by atoms with Crippen LogP contribution >= 0.6 is 12.4 Å². The average Bonchev–Trinajstić information content (AvgIpc) is 2.03. The lowest BCUT2D eigenvalue weighted by Crippen LogP contribution is -2.11. The molecule has 0 amide bonds. The second-order valence-corrected chi connectivity index (χ2v) is 2.90. The van der Waals surface area contributed by atoms with Gasteiger partial charge in [-0.3, -0.25) is 0 Å². The van der Waals surface area contributed by atoms with E-state index in [2.05, 4.69) is 0 Å². The second-order valence-electron chi connectivity index (χ2n) is 2.90. The molecule has 0 aliphatic carbocycles. The quantitative estimate of drug-likeness (QED) is 0.609. The Morgan fingerprint density at radius 1 is 1.14 bits per heavy atom. The molecule has 1 aromatic rings. The van der Waals surface area contributed by atoms with Crippen LogP contribution in [-0.4, -0.2) is 21.9 Å². The van der Waals surface area contributed by atoms with Crippen LogP contribution in [0.1, 0.15) is 18.0 Å². The van der Waals surface area contributed by atoms with Crippen molar-refractivity contribution in [2.24, 2.45) is 5.73 Å². The summed E-state index contributed by atoms with van der Waals surface area (Å²) in [6.07, 6.45) is 0.406. The number of hydrogen-bond acceptors (Lipinski definition) is 4. The van der Waals surface area contributed by atoms with E-state index >= 15 is 0 Å². The van der Waals surface area contributed by atoms with Crippen molar-refractivity contribution in [1.29, 1.82) is 0 Å². The minimum atomic E-state index is -0.358. The third kappa shape index (κ3) is 3.41. The van der Waals surface area contributed by atoms with Gasteiger partial charge in [-0.05, 0) is 24.1 Å². The van der Waals surface area contributed by atoms with Crippen LogP contribution < -0.4 is 5.73 Å². The number of halogens is 1. The predicted octanol–water partition coefficient (Wildman–Crippen LogP) is 0.902. The lowest BCUT2D eigenvalue weighted by atomic mass is 10.0. The Bertz CT molecular complexity index is 273. The molecule has 0 saturated carbocycles. The van der Waals surface area contributed by atoms with E-state index in [-0.39, 0.29) is 36.6 Å². The van der Waals surface area contributed by atoms with Gasteiger partial charge < -0.3 is 21.1 Å². The molecule has 1 aromatic carbocycles. The summed E-state index contributed by atoms with van der Waals surface area (Å²) in [5, 5.41) is 26.9. The fraction of sp³-hybridized carbons (Fsp3) is 0.333. The van der Waals surface area contributed by atoms with Crippen LogP contribution in [0.3, 0.4) is 0 Å². The fourth-order valence-electron chi connectivity index (χ4n) is 1.14. The number of hydrogen-bond donors (Lipinski definition) is 4. The van der Waals surface area contributed by atoms with Gasteiger partial charge in [0.2, 0.25) is 0 Å². The van der Waals surface area contributed by atoms with E-state index < -0.39 is 0 Å². The summed E-state index contributed by atoms with van der Waals surface area (Å²) in [6, 6.07) is 3.82. The number of benzene rings is 1. The molecule has 0 aliphatic heterocycles. The maximum absolute atomic E-state index is 9.13. The maximum atomic E-state index is 9.13. The van der Waals surface area contributed by atoms with Crippen molar-refractivity contribution in [1.82, 2.24) is 0 Å². The van der Waals surface area contributed by atoms with E-state index in [0.717, 1.165) is 0 Å². The monoisotopic (exact) mass is 219 g/mol. The Kier molecular flexibility index (Phi) is 5.30. The van der Waals surface area contributed by atoms with E-state index in [4.69, 9.17) is 21.1 Å². The van der Waals surface area contributed by atoms with Crippen LogP contribution in [0.5, 0.6) is 11.5 Å². The number of phenols is 2. The molecule has 0 radical (unpaired) electrons. The summed E-state index contributed by atoms with van der Waals surface area (Å²) in [7, 11) is 0. The minimum absolute atomic E-state index is 0. The smallest absolute Gasteiger partial charge is 0.119 e. The van der Waals surface area contributed by atoms with Crippen molar-refractivity contribution in [3.8, 4) is 11.5 Å². The molecule has 0 bridgehead atoms. The first kappa shape index (κ1) is 13.0. The number of rotatable bonds is 3. The molecule has 0 saturated heterocycles. The van der Waals surface area contributed by atoms with Crippen molar-refractivity contribution in [2.75, 3.05) is 6.61 Å². The highest BCUT2D eigenvalue weighted by Crippen LogP contribution is 2.24. The average molecular weight is 220 g/mol. The fourth-order valence-corrected chi connectivity index (χ4v) is 1.14. The zero-order valence-corrected chi connectivity index (χ0v) is 8.37. The Morgan fingerprint density at radius 2 is 1.64 bits per heavy atom. The first-order valence-electron chi connectivity index (χ1n) is 4.03. The van der Waals surface area contributed by atoms with E-state index in [1.54, 1.807) is 0 Å². The topological polar surface area (TPSA) is 86.7 Å². The maximum Gasteiger partial charge on any atom is 0.119 e. The van der Waals surface area contributed by atoms with Crippen molar-refractivity contribution in [3.05, 3.63) is 23.8 Å². The normalized spacial score (nSPS) is 11.9. The third-order valence-corrected chi connectivity index (χ3v) is 1.79. The molecule has 0 heterocycles. The Balaban J connectivity index is 0.00000169. The minimum Gasteiger partial charge on any atom is -0.508 e. The SMILES string of the molecule is Cl.N[C@@H](CCO)c1cc(O)cc(O)c1. The van der Waals surface area contributed by atoms with Gasteiger partial charge in [-0.1, -0.05) is 0 Å².